The third kappa shape index (κ3) is 7.90. The quantitative estimate of drug-likeness (QED) is 0.379. The monoisotopic (exact) mass is 320 g/mol. The van der Waals surface area contributed by atoms with Crippen molar-refractivity contribution in [1.82, 2.24) is 0 Å². The zero-order valence-electron chi connectivity index (χ0n) is 17.2. The molecule has 0 aromatic carbocycles. The number of rotatable bonds is 9. The lowest BCUT2D eigenvalue weighted by Gasteiger charge is -2.43. The van der Waals surface area contributed by atoms with Crippen LogP contribution in [0.4, 0.5) is 0 Å². The summed E-state index contributed by atoms with van der Waals surface area (Å²) in [6, 6.07) is 0. The lowest BCUT2D eigenvalue weighted by Crippen LogP contribution is -2.33. The summed E-state index contributed by atoms with van der Waals surface area (Å²) in [6.07, 6.45) is 16.1. The summed E-state index contributed by atoms with van der Waals surface area (Å²) >= 11 is 0. The first-order valence-corrected chi connectivity index (χ1v) is 10.4. The van der Waals surface area contributed by atoms with E-state index in [4.69, 9.17) is 0 Å². The van der Waals surface area contributed by atoms with Gasteiger partial charge < -0.3 is 0 Å². The fourth-order valence-electron chi connectivity index (χ4n) is 4.53. The maximum Gasteiger partial charge on any atom is -0.0262 e. The van der Waals surface area contributed by atoms with Crippen LogP contribution >= 0.6 is 0 Å². The Morgan fingerprint density at radius 3 is 2.35 bits per heavy atom. The standard InChI is InChI=1S/C23H44/c1-18(2)13-14-19(3)10-8-11-20(4)15-16-22-21(5)12-9-17-23(22,6)7/h8,10,18-22H,9,11-17H2,1-7H3/b10-8-. The van der Waals surface area contributed by atoms with Crippen LogP contribution in [0.15, 0.2) is 12.2 Å². The van der Waals surface area contributed by atoms with Gasteiger partial charge in [0, 0.05) is 0 Å². The molecule has 1 aliphatic rings. The molecule has 0 aliphatic heterocycles. The molecule has 1 fully saturated rings. The van der Waals surface area contributed by atoms with Crippen molar-refractivity contribution in [2.24, 2.45) is 35.0 Å². The van der Waals surface area contributed by atoms with Crippen LogP contribution in [-0.4, -0.2) is 0 Å². The van der Waals surface area contributed by atoms with Gasteiger partial charge in [0.05, 0.1) is 0 Å². The second-order valence-electron chi connectivity index (χ2n) is 9.76. The predicted molar refractivity (Wildman–Crippen MR) is 106 cm³/mol. The molecular formula is C23H44. The van der Waals surface area contributed by atoms with Crippen LogP contribution in [0.5, 0.6) is 0 Å². The van der Waals surface area contributed by atoms with Gasteiger partial charge >= 0.3 is 0 Å². The van der Waals surface area contributed by atoms with Crippen LogP contribution in [0, 0.1) is 35.0 Å². The molecule has 0 aromatic rings. The van der Waals surface area contributed by atoms with Crippen molar-refractivity contribution in [3.63, 3.8) is 0 Å². The van der Waals surface area contributed by atoms with E-state index in [1.165, 1.54) is 51.4 Å². The Kier molecular flexibility index (Phi) is 8.94. The highest BCUT2D eigenvalue weighted by atomic mass is 14.4. The molecule has 4 unspecified atom stereocenters. The highest BCUT2D eigenvalue weighted by Gasteiger charge is 2.36. The van der Waals surface area contributed by atoms with Gasteiger partial charge in [-0.2, -0.15) is 0 Å². The highest BCUT2D eigenvalue weighted by Crippen LogP contribution is 2.46. The van der Waals surface area contributed by atoms with Crippen LogP contribution in [0.25, 0.3) is 0 Å². The number of hydrogen-bond acceptors (Lipinski definition) is 0. The zero-order chi connectivity index (χ0) is 17.5. The number of hydrogen-bond donors (Lipinski definition) is 0. The van der Waals surface area contributed by atoms with Crippen LogP contribution in [0.3, 0.4) is 0 Å². The van der Waals surface area contributed by atoms with Gasteiger partial charge in [0.1, 0.15) is 0 Å². The summed E-state index contributed by atoms with van der Waals surface area (Å²) in [6.45, 7) is 17.0. The first-order chi connectivity index (χ1) is 10.7. The van der Waals surface area contributed by atoms with E-state index in [1.54, 1.807) is 0 Å². The van der Waals surface area contributed by atoms with Crippen molar-refractivity contribution in [1.29, 1.82) is 0 Å². The molecule has 0 spiro atoms. The van der Waals surface area contributed by atoms with E-state index in [-0.39, 0.29) is 0 Å². The Hall–Kier alpha value is -0.260. The molecular weight excluding hydrogens is 276 g/mol. The van der Waals surface area contributed by atoms with Crippen molar-refractivity contribution >= 4 is 0 Å². The fraction of sp³-hybridized carbons (Fsp3) is 0.913. The van der Waals surface area contributed by atoms with Gasteiger partial charge in [-0.05, 0) is 60.7 Å². The van der Waals surface area contributed by atoms with Crippen molar-refractivity contribution in [2.75, 3.05) is 0 Å². The summed E-state index contributed by atoms with van der Waals surface area (Å²) in [4.78, 5) is 0. The Morgan fingerprint density at radius 1 is 1.04 bits per heavy atom. The van der Waals surface area contributed by atoms with Crippen molar-refractivity contribution < 1.29 is 0 Å². The van der Waals surface area contributed by atoms with Crippen LogP contribution in [0.2, 0.25) is 0 Å². The summed E-state index contributed by atoms with van der Waals surface area (Å²) in [5.41, 5.74) is 0.568. The fourth-order valence-corrected chi connectivity index (χ4v) is 4.53. The van der Waals surface area contributed by atoms with Gasteiger partial charge in [-0.1, -0.05) is 86.3 Å². The van der Waals surface area contributed by atoms with Crippen molar-refractivity contribution in [3.8, 4) is 0 Å². The van der Waals surface area contributed by atoms with Gasteiger partial charge in [0.15, 0.2) is 0 Å². The van der Waals surface area contributed by atoms with E-state index in [0.717, 1.165) is 29.6 Å². The molecule has 0 amide bonds. The molecule has 0 heteroatoms. The molecule has 23 heavy (non-hydrogen) atoms. The normalized spacial score (nSPS) is 27.5. The molecule has 0 radical (unpaired) electrons. The van der Waals surface area contributed by atoms with Gasteiger partial charge in [0.2, 0.25) is 0 Å². The molecule has 4 atom stereocenters. The smallest absolute Gasteiger partial charge is 0.0262 e. The van der Waals surface area contributed by atoms with Crippen LogP contribution in [0.1, 0.15) is 99.8 Å². The molecule has 0 saturated heterocycles. The van der Waals surface area contributed by atoms with E-state index in [1.807, 2.05) is 0 Å². The van der Waals surface area contributed by atoms with E-state index in [0.29, 0.717) is 5.41 Å². The molecule has 136 valence electrons. The molecule has 1 saturated carbocycles. The van der Waals surface area contributed by atoms with Gasteiger partial charge in [-0.3, -0.25) is 0 Å². The Labute approximate surface area is 147 Å². The average molecular weight is 321 g/mol. The Bertz CT molecular complexity index is 336. The molecule has 0 nitrogen and oxygen atoms in total. The first-order valence-electron chi connectivity index (χ1n) is 10.4. The molecule has 0 heterocycles. The Morgan fingerprint density at radius 2 is 1.74 bits per heavy atom. The minimum atomic E-state index is 0.568. The lowest BCUT2D eigenvalue weighted by molar-refractivity contribution is 0.0712. The molecule has 1 rings (SSSR count). The van der Waals surface area contributed by atoms with Crippen LogP contribution in [-0.2, 0) is 0 Å². The van der Waals surface area contributed by atoms with E-state index in [9.17, 15) is 0 Å². The molecule has 0 aromatic heterocycles. The molecule has 1 aliphatic carbocycles. The van der Waals surface area contributed by atoms with E-state index < -0.39 is 0 Å². The molecule has 0 N–H and O–H groups in total. The maximum absolute atomic E-state index is 2.51. The summed E-state index contributed by atoms with van der Waals surface area (Å²) in [5, 5.41) is 0. The first kappa shape index (κ1) is 20.8. The van der Waals surface area contributed by atoms with Gasteiger partial charge in [-0.25, -0.2) is 0 Å². The van der Waals surface area contributed by atoms with E-state index >= 15 is 0 Å². The Balaban J connectivity index is 2.29. The largest absolute Gasteiger partial charge is 0.0880 e. The van der Waals surface area contributed by atoms with Crippen molar-refractivity contribution in [3.05, 3.63) is 12.2 Å². The lowest BCUT2D eigenvalue weighted by atomic mass is 9.62. The van der Waals surface area contributed by atoms with E-state index in [2.05, 4.69) is 60.6 Å². The predicted octanol–water partition coefficient (Wildman–Crippen LogP) is 7.88. The second-order valence-corrected chi connectivity index (χ2v) is 9.76. The third-order valence-corrected chi connectivity index (χ3v) is 6.34. The number of allylic oxidation sites excluding steroid dienone is 2. The average Bonchev–Trinajstić information content (AvgIpc) is 2.44. The molecule has 0 bridgehead atoms. The minimum absolute atomic E-state index is 0.568. The highest BCUT2D eigenvalue weighted by molar-refractivity contribution is 4.89. The maximum atomic E-state index is 2.51. The van der Waals surface area contributed by atoms with Crippen molar-refractivity contribution in [2.45, 2.75) is 99.8 Å². The third-order valence-electron chi connectivity index (χ3n) is 6.34. The van der Waals surface area contributed by atoms with Gasteiger partial charge in [-0.15, -0.1) is 0 Å². The zero-order valence-corrected chi connectivity index (χ0v) is 17.2. The summed E-state index contributed by atoms with van der Waals surface area (Å²) < 4.78 is 0. The van der Waals surface area contributed by atoms with Gasteiger partial charge in [0.25, 0.3) is 0 Å². The summed E-state index contributed by atoms with van der Waals surface area (Å²) in [7, 11) is 0. The second kappa shape index (κ2) is 9.90. The minimum Gasteiger partial charge on any atom is -0.0880 e. The summed E-state index contributed by atoms with van der Waals surface area (Å²) in [5.74, 6) is 4.30. The van der Waals surface area contributed by atoms with Crippen LogP contribution < -0.4 is 0 Å². The topological polar surface area (TPSA) is 0 Å². The SMILES string of the molecule is CC(C)CCC(C)/C=C\CC(C)CCC1C(C)CCCC1(C)C.